The van der Waals surface area contributed by atoms with Gasteiger partial charge in [-0.1, -0.05) is 26.2 Å². The normalized spacial score (nSPS) is 26.1. The number of rotatable bonds is 2. The summed E-state index contributed by atoms with van der Waals surface area (Å²) in [5.74, 6) is 0.411. The summed E-state index contributed by atoms with van der Waals surface area (Å²) in [6.45, 7) is 4.18. The fraction of sp³-hybridized carbons (Fsp3) is 0.917. The molecule has 0 aromatic carbocycles. The van der Waals surface area contributed by atoms with Crippen LogP contribution in [0.4, 0.5) is 0 Å². The molecule has 1 aliphatic carbocycles. The van der Waals surface area contributed by atoms with Gasteiger partial charge in [0.15, 0.2) is 0 Å². The maximum Gasteiger partial charge on any atom is 0.223 e. The first-order valence-electron chi connectivity index (χ1n) is 6.04. The number of carbonyl (C=O) groups is 1. The minimum absolute atomic E-state index is 0.393. The van der Waals surface area contributed by atoms with Gasteiger partial charge in [0, 0.05) is 19.5 Å². The van der Waals surface area contributed by atoms with Gasteiger partial charge in [0.25, 0.3) is 0 Å². The fourth-order valence-electron chi connectivity index (χ4n) is 3.09. The van der Waals surface area contributed by atoms with E-state index in [1.54, 1.807) is 0 Å². The highest BCUT2D eigenvalue weighted by atomic mass is 16.2. The van der Waals surface area contributed by atoms with Gasteiger partial charge in [-0.05, 0) is 24.7 Å². The second kappa shape index (κ2) is 3.92. The lowest BCUT2D eigenvalue weighted by atomic mass is 9.73. The van der Waals surface area contributed by atoms with Crippen LogP contribution in [0.25, 0.3) is 0 Å². The fourth-order valence-corrected chi connectivity index (χ4v) is 3.09. The molecule has 2 nitrogen and oxygen atoms in total. The van der Waals surface area contributed by atoms with Crippen molar-refractivity contribution in [3.63, 3.8) is 0 Å². The van der Waals surface area contributed by atoms with Crippen LogP contribution in [0.15, 0.2) is 0 Å². The van der Waals surface area contributed by atoms with Crippen LogP contribution in [-0.2, 0) is 4.79 Å². The van der Waals surface area contributed by atoms with Gasteiger partial charge in [-0.15, -0.1) is 0 Å². The molecule has 1 saturated heterocycles. The third kappa shape index (κ3) is 1.79. The lowest BCUT2D eigenvalue weighted by Gasteiger charge is -2.32. The van der Waals surface area contributed by atoms with Gasteiger partial charge in [0.1, 0.15) is 0 Å². The van der Waals surface area contributed by atoms with E-state index in [0.29, 0.717) is 11.3 Å². The van der Waals surface area contributed by atoms with E-state index in [0.717, 1.165) is 25.9 Å². The smallest absolute Gasteiger partial charge is 0.223 e. The van der Waals surface area contributed by atoms with Crippen LogP contribution < -0.4 is 0 Å². The van der Waals surface area contributed by atoms with E-state index in [-0.39, 0.29) is 0 Å². The van der Waals surface area contributed by atoms with Crippen molar-refractivity contribution in [3.05, 3.63) is 0 Å². The van der Waals surface area contributed by atoms with Crippen LogP contribution in [0.5, 0.6) is 0 Å². The summed E-state index contributed by atoms with van der Waals surface area (Å²) in [6.07, 6.45) is 8.58. The molecule has 2 fully saturated rings. The molecular formula is C12H21NO. The first-order valence-corrected chi connectivity index (χ1v) is 6.04. The highest BCUT2D eigenvalue weighted by Gasteiger charge is 2.42. The average Bonchev–Trinajstić information content (AvgIpc) is 2.45. The van der Waals surface area contributed by atoms with E-state index in [9.17, 15) is 4.79 Å². The molecule has 0 aromatic heterocycles. The van der Waals surface area contributed by atoms with Crippen molar-refractivity contribution in [1.29, 1.82) is 0 Å². The molecule has 1 amide bonds. The summed E-state index contributed by atoms with van der Waals surface area (Å²) < 4.78 is 0. The van der Waals surface area contributed by atoms with E-state index in [4.69, 9.17) is 0 Å². The second-order valence-electron chi connectivity index (χ2n) is 5.05. The predicted molar refractivity (Wildman–Crippen MR) is 57.0 cm³/mol. The van der Waals surface area contributed by atoms with Gasteiger partial charge in [-0.25, -0.2) is 0 Å². The average molecular weight is 195 g/mol. The zero-order valence-electron chi connectivity index (χ0n) is 9.22. The first-order chi connectivity index (χ1) is 6.76. The molecular weight excluding hydrogens is 174 g/mol. The molecule has 2 heteroatoms. The Kier molecular flexibility index (Phi) is 2.80. The summed E-state index contributed by atoms with van der Waals surface area (Å²) in [7, 11) is 0. The monoisotopic (exact) mass is 195 g/mol. The third-order valence-corrected chi connectivity index (χ3v) is 3.81. The van der Waals surface area contributed by atoms with Crippen molar-refractivity contribution in [2.45, 2.75) is 51.9 Å². The molecule has 80 valence electrons. The Morgan fingerprint density at radius 1 is 1.29 bits per heavy atom. The molecule has 0 unspecified atom stereocenters. The lowest BCUT2D eigenvalue weighted by molar-refractivity contribution is -0.127. The van der Waals surface area contributed by atoms with E-state index in [1.165, 1.54) is 32.1 Å². The SMILES string of the molecule is CCCN1CC2(CCCCC2)CC1=O. The van der Waals surface area contributed by atoms with Crippen molar-refractivity contribution in [2.24, 2.45) is 5.41 Å². The Morgan fingerprint density at radius 3 is 2.64 bits per heavy atom. The van der Waals surface area contributed by atoms with Gasteiger partial charge in [0.05, 0.1) is 0 Å². The molecule has 0 atom stereocenters. The predicted octanol–water partition coefficient (Wildman–Crippen LogP) is 2.58. The number of amides is 1. The molecule has 1 saturated carbocycles. The zero-order chi connectivity index (χ0) is 10.0. The molecule has 0 aromatic rings. The molecule has 14 heavy (non-hydrogen) atoms. The van der Waals surface area contributed by atoms with Crippen LogP contribution in [0.1, 0.15) is 51.9 Å². The molecule has 0 N–H and O–H groups in total. The summed E-state index contributed by atoms with van der Waals surface area (Å²) in [6, 6.07) is 0. The zero-order valence-corrected chi connectivity index (χ0v) is 9.22. The summed E-state index contributed by atoms with van der Waals surface area (Å²) >= 11 is 0. The Labute approximate surface area is 86.7 Å². The maximum absolute atomic E-state index is 11.8. The summed E-state index contributed by atoms with van der Waals surface area (Å²) in [5, 5.41) is 0. The van der Waals surface area contributed by atoms with Crippen molar-refractivity contribution in [2.75, 3.05) is 13.1 Å². The Hall–Kier alpha value is -0.530. The molecule has 2 rings (SSSR count). The Balaban J connectivity index is 1.99. The van der Waals surface area contributed by atoms with Gasteiger partial charge in [0.2, 0.25) is 5.91 Å². The summed E-state index contributed by atoms with van der Waals surface area (Å²) in [4.78, 5) is 13.9. The molecule has 1 heterocycles. The Bertz CT molecular complexity index is 218. The molecule has 2 aliphatic rings. The van der Waals surface area contributed by atoms with Crippen LogP contribution in [0, 0.1) is 5.41 Å². The van der Waals surface area contributed by atoms with Gasteiger partial charge >= 0.3 is 0 Å². The van der Waals surface area contributed by atoms with Crippen LogP contribution in [0.3, 0.4) is 0 Å². The minimum Gasteiger partial charge on any atom is -0.342 e. The van der Waals surface area contributed by atoms with Gasteiger partial charge in [-0.2, -0.15) is 0 Å². The Morgan fingerprint density at radius 2 is 2.00 bits per heavy atom. The van der Waals surface area contributed by atoms with E-state index in [2.05, 4.69) is 11.8 Å². The number of hydrogen-bond donors (Lipinski definition) is 0. The molecule has 0 bridgehead atoms. The minimum atomic E-state index is 0.393. The molecule has 0 radical (unpaired) electrons. The van der Waals surface area contributed by atoms with Crippen molar-refractivity contribution >= 4 is 5.91 Å². The van der Waals surface area contributed by atoms with E-state index >= 15 is 0 Å². The molecule has 1 aliphatic heterocycles. The van der Waals surface area contributed by atoms with Crippen molar-refractivity contribution in [1.82, 2.24) is 4.90 Å². The van der Waals surface area contributed by atoms with E-state index < -0.39 is 0 Å². The standard InChI is InChI=1S/C12H21NO/c1-2-8-13-10-12(9-11(13)14)6-4-3-5-7-12/h2-10H2,1H3. The number of nitrogens with zero attached hydrogens (tertiary/aromatic N) is 1. The number of likely N-dealkylation sites (tertiary alicyclic amines) is 1. The number of hydrogen-bond acceptors (Lipinski definition) is 1. The van der Waals surface area contributed by atoms with Crippen molar-refractivity contribution < 1.29 is 4.79 Å². The lowest BCUT2D eigenvalue weighted by Crippen LogP contribution is -2.30. The molecule has 1 spiro atoms. The second-order valence-corrected chi connectivity index (χ2v) is 5.05. The topological polar surface area (TPSA) is 20.3 Å². The quantitative estimate of drug-likeness (QED) is 0.663. The van der Waals surface area contributed by atoms with Gasteiger partial charge in [-0.3, -0.25) is 4.79 Å². The van der Waals surface area contributed by atoms with E-state index in [1.807, 2.05) is 0 Å². The van der Waals surface area contributed by atoms with Crippen molar-refractivity contribution in [3.8, 4) is 0 Å². The van der Waals surface area contributed by atoms with Crippen LogP contribution in [-0.4, -0.2) is 23.9 Å². The van der Waals surface area contributed by atoms with Crippen LogP contribution in [0.2, 0.25) is 0 Å². The third-order valence-electron chi connectivity index (χ3n) is 3.81. The highest BCUT2D eigenvalue weighted by molar-refractivity contribution is 5.79. The van der Waals surface area contributed by atoms with Crippen LogP contribution >= 0.6 is 0 Å². The maximum atomic E-state index is 11.8. The summed E-state index contributed by atoms with van der Waals surface area (Å²) in [5.41, 5.74) is 0.393. The first kappa shape index (κ1) is 10.0. The highest BCUT2D eigenvalue weighted by Crippen LogP contribution is 2.44. The van der Waals surface area contributed by atoms with Gasteiger partial charge < -0.3 is 4.90 Å². The largest absolute Gasteiger partial charge is 0.342 e. The number of carbonyl (C=O) groups excluding carboxylic acids is 1.